The molecule has 0 bridgehead atoms. The highest BCUT2D eigenvalue weighted by Gasteiger charge is 2.50. The molecule has 24 heavy (non-hydrogen) atoms. The number of hydrogen-bond acceptors (Lipinski definition) is 10. The second-order valence-electron chi connectivity index (χ2n) is 5.09. The van der Waals surface area contributed by atoms with E-state index in [-0.39, 0.29) is 6.61 Å². The van der Waals surface area contributed by atoms with Crippen molar-refractivity contribution >= 4 is 23.9 Å². The zero-order chi connectivity index (χ0) is 18.4. The second kappa shape index (κ2) is 8.60. The number of aliphatic hydroxyl groups is 1. The summed E-state index contributed by atoms with van der Waals surface area (Å²) in [7, 11) is 0. The number of rotatable bonds is 5. The van der Waals surface area contributed by atoms with E-state index in [4.69, 9.17) is 23.7 Å². The zero-order valence-corrected chi connectivity index (χ0v) is 13.7. The Morgan fingerprint density at radius 2 is 1.33 bits per heavy atom. The Labute approximate surface area is 137 Å². The van der Waals surface area contributed by atoms with Crippen molar-refractivity contribution in [3.63, 3.8) is 0 Å². The number of hydrogen-bond donors (Lipinski definition) is 1. The number of ether oxygens (including phenoxy) is 5. The predicted molar refractivity (Wildman–Crippen MR) is 74.2 cm³/mol. The van der Waals surface area contributed by atoms with Crippen LogP contribution in [0.3, 0.4) is 0 Å². The van der Waals surface area contributed by atoms with Gasteiger partial charge in [0.2, 0.25) is 6.29 Å². The summed E-state index contributed by atoms with van der Waals surface area (Å²) in [5, 5.41) is 10.4. The van der Waals surface area contributed by atoms with Crippen molar-refractivity contribution in [3.8, 4) is 0 Å². The highest BCUT2D eigenvalue weighted by molar-refractivity contribution is 5.68. The third-order valence-electron chi connectivity index (χ3n) is 2.95. The molecule has 1 heterocycles. The van der Waals surface area contributed by atoms with Gasteiger partial charge in [-0.3, -0.25) is 19.2 Å². The Balaban J connectivity index is 3.04. The van der Waals surface area contributed by atoms with E-state index in [0.717, 1.165) is 27.7 Å². The third kappa shape index (κ3) is 5.78. The first kappa shape index (κ1) is 19.8. The van der Waals surface area contributed by atoms with Gasteiger partial charge >= 0.3 is 23.9 Å². The van der Waals surface area contributed by atoms with Crippen LogP contribution in [0.1, 0.15) is 27.7 Å². The van der Waals surface area contributed by atoms with Crippen LogP contribution in [-0.4, -0.2) is 66.3 Å². The summed E-state index contributed by atoms with van der Waals surface area (Å²) in [5.74, 6) is -2.87. The number of carbonyl (C=O) groups excluding carboxylic acids is 4. The van der Waals surface area contributed by atoms with Gasteiger partial charge in [0.1, 0.15) is 18.8 Å². The molecule has 0 saturated carbocycles. The molecule has 5 unspecified atom stereocenters. The number of aliphatic hydroxyl groups excluding tert-OH is 1. The summed E-state index contributed by atoms with van der Waals surface area (Å²) in [6, 6.07) is 0. The lowest BCUT2D eigenvalue weighted by Gasteiger charge is -2.42. The number of carbonyl (C=O) groups is 4. The lowest BCUT2D eigenvalue weighted by molar-refractivity contribution is -0.298. The minimum absolute atomic E-state index is 0.366. The van der Waals surface area contributed by atoms with Crippen LogP contribution >= 0.6 is 0 Å². The monoisotopic (exact) mass is 348 g/mol. The third-order valence-corrected chi connectivity index (χ3v) is 2.95. The molecule has 10 heteroatoms. The maximum absolute atomic E-state index is 11.2. The summed E-state index contributed by atoms with van der Waals surface area (Å²) in [6.07, 6.45) is -6.84. The normalized spacial score (nSPS) is 29.3. The zero-order valence-electron chi connectivity index (χ0n) is 13.7. The van der Waals surface area contributed by atoms with E-state index in [9.17, 15) is 24.3 Å². The molecule has 1 rings (SSSR count). The van der Waals surface area contributed by atoms with Crippen molar-refractivity contribution in [1.82, 2.24) is 0 Å². The predicted octanol–water partition coefficient (Wildman–Crippen LogP) is -0.938. The van der Waals surface area contributed by atoms with Gasteiger partial charge in [0.15, 0.2) is 12.2 Å². The first-order valence-electron chi connectivity index (χ1n) is 7.10. The van der Waals surface area contributed by atoms with E-state index in [1.165, 1.54) is 0 Å². The lowest BCUT2D eigenvalue weighted by Crippen LogP contribution is -2.62. The molecule has 0 aromatic heterocycles. The molecule has 0 amide bonds. The van der Waals surface area contributed by atoms with Crippen molar-refractivity contribution in [1.29, 1.82) is 0 Å². The molecule has 5 atom stereocenters. The standard InChI is InChI=1S/C14H20O10/c1-6(15)20-5-10-12(21-7(2)16)11(19)13(22-8(3)17)14(24-10)23-9(4)18/h10-14,19H,5H2,1-4H3. The highest BCUT2D eigenvalue weighted by atomic mass is 16.7. The Morgan fingerprint density at radius 3 is 1.79 bits per heavy atom. The average molecular weight is 348 g/mol. The fourth-order valence-electron chi connectivity index (χ4n) is 2.14. The van der Waals surface area contributed by atoms with Gasteiger partial charge < -0.3 is 28.8 Å². The Hall–Kier alpha value is -2.20. The van der Waals surface area contributed by atoms with Gasteiger partial charge in [-0.2, -0.15) is 0 Å². The van der Waals surface area contributed by atoms with Crippen LogP contribution < -0.4 is 0 Å². The SMILES string of the molecule is CC(=O)OCC1OC(OC(C)=O)C(OC(C)=O)C(O)C1OC(C)=O. The van der Waals surface area contributed by atoms with Crippen LogP contribution in [0.4, 0.5) is 0 Å². The van der Waals surface area contributed by atoms with Gasteiger partial charge in [0.05, 0.1) is 0 Å². The first-order valence-corrected chi connectivity index (χ1v) is 7.10. The van der Waals surface area contributed by atoms with Gasteiger partial charge in [-0.1, -0.05) is 0 Å². The average Bonchev–Trinajstić information content (AvgIpc) is 2.42. The van der Waals surface area contributed by atoms with Gasteiger partial charge in [0.25, 0.3) is 0 Å². The van der Waals surface area contributed by atoms with Crippen LogP contribution in [0, 0.1) is 0 Å². The summed E-state index contributed by atoms with van der Waals surface area (Å²) in [5.41, 5.74) is 0. The number of esters is 4. The highest BCUT2D eigenvalue weighted by Crippen LogP contribution is 2.27. The molecule has 0 aromatic rings. The first-order chi connectivity index (χ1) is 11.1. The molecule has 0 spiro atoms. The smallest absolute Gasteiger partial charge is 0.305 e. The van der Waals surface area contributed by atoms with E-state index in [1.807, 2.05) is 0 Å². The van der Waals surface area contributed by atoms with E-state index >= 15 is 0 Å². The maximum Gasteiger partial charge on any atom is 0.305 e. The molecular weight excluding hydrogens is 328 g/mol. The van der Waals surface area contributed by atoms with E-state index < -0.39 is 54.6 Å². The van der Waals surface area contributed by atoms with Crippen LogP contribution in [-0.2, 0) is 42.9 Å². The van der Waals surface area contributed by atoms with E-state index in [2.05, 4.69) is 0 Å². The molecule has 1 aliphatic rings. The minimum atomic E-state index is -1.56. The fraction of sp³-hybridized carbons (Fsp3) is 0.714. The maximum atomic E-state index is 11.2. The molecule has 0 radical (unpaired) electrons. The van der Waals surface area contributed by atoms with Gasteiger partial charge in [-0.15, -0.1) is 0 Å². The van der Waals surface area contributed by atoms with Crippen molar-refractivity contribution in [2.24, 2.45) is 0 Å². The minimum Gasteiger partial charge on any atom is -0.463 e. The van der Waals surface area contributed by atoms with Crippen LogP contribution in [0.5, 0.6) is 0 Å². The molecule has 10 nitrogen and oxygen atoms in total. The van der Waals surface area contributed by atoms with Crippen molar-refractivity contribution < 1.29 is 48.0 Å². The molecular formula is C14H20O10. The molecule has 0 aliphatic carbocycles. The Kier molecular flexibility index (Phi) is 7.11. The second-order valence-corrected chi connectivity index (χ2v) is 5.09. The Bertz CT molecular complexity index is 500. The van der Waals surface area contributed by atoms with Crippen molar-refractivity contribution in [3.05, 3.63) is 0 Å². The molecule has 1 aliphatic heterocycles. The van der Waals surface area contributed by atoms with Crippen molar-refractivity contribution in [2.45, 2.75) is 58.4 Å². The Morgan fingerprint density at radius 1 is 0.833 bits per heavy atom. The summed E-state index contributed by atoms with van der Waals surface area (Å²) in [6.45, 7) is 4.08. The fourth-order valence-corrected chi connectivity index (χ4v) is 2.14. The molecule has 1 N–H and O–H groups in total. The van der Waals surface area contributed by atoms with Crippen LogP contribution in [0.15, 0.2) is 0 Å². The molecule has 0 aromatic carbocycles. The quantitative estimate of drug-likeness (QED) is 0.490. The topological polar surface area (TPSA) is 135 Å². The summed E-state index contributed by atoms with van der Waals surface area (Å²) >= 11 is 0. The van der Waals surface area contributed by atoms with Crippen LogP contribution in [0.2, 0.25) is 0 Å². The van der Waals surface area contributed by atoms with E-state index in [0.29, 0.717) is 0 Å². The molecule has 1 saturated heterocycles. The van der Waals surface area contributed by atoms with Crippen LogP contribution in [0.25, 0.3) is 0 Å². The molecule has 1 fully saturated rings. The van der Waals surface area contributed by atoms with Gasteiger partial charge in [0, 0.05) is 27.7 Å². The largest absolute Gasteiger partial charge is 0.463 e. The van der Waals surface area contributed by atoms with Gasteiger partial charge in [-0.05, 0) is 0 Å². The summed E-state index contributed by atoms with van der Waals surface area (Å²) in [4.78, 5) is 44.6. The van der Waals surface area contributed by atoms with Gasteiger partial charge in [-0.25, -0.2) is 0 Å². The van der Waals surface area contributed by atoms with Crippen molar-refractivity contribution in [2.75, 3.05) is 6.61 Å². The lowest BCUT2D eigenvalue weighted by atomic mass is 9.98. The summed E-state index contributed by atoms with van der Waals surface area (Å²) < 4.78 is 25.0. The molecule has 136 valence electrons. The van der Waals surface area contributed by atoms with E-state index in [1.54, 1.807) is 0 Å².